The predicted molar refractivity (Wildman–Crippen MR) is 45.6 cm³/mol. The van der Waals surface area contributed by atoms with E-state index in [1.807, 2.05) is 20.8 Å². The lowest BCUT2D eigenvalue weighted by Crippen LogP contribution is -2.29. The van der Waals surface area contributed by atoms with Crippen LogP contribution in [0.1, 0.15) is 27.2 Å². The standard InChI is InChI=1S/C8H17NO3/c1-8(2,3)4-6(5-10)12-7(9)11/h6,10H,4-5H2,1-3H3,(H2,9,11)/t6-/m0/s1. The summed E-state index contributed by atoms with van der Waals surface area (Å²) >= 11 is 0. The Balaban J connectivity index is 3.92. The van der Waals surface area contributed by atoms with Crippen molar-refractivity contribution in [1.82, 2.24) is 0 Å². The van der Waals surface area contributed by atoms with Crippen LogP contribution in [-0.4, -0.2) is 23.9 Å². The van der Waals surface area contributed by atoms with Gasteiger partial charge >= 0.3 is 6.09 Å². The normalized spacial score (nSPS) is 14.0. The van der Waals surface area contributed by atoms with Crippen molar-refractivity contribution >= 4 is 6.09 Å². The number of carbonyl (C=O) groups excluding carboxylic acids is 1. The Kier molecular flexibility index (Phi) is 4.03. The summed E-state index contributed by atoms with van der Waals surface area (Å²) in [4.78, 5) is 10.3. The van der Waals surface area contributed by atoms with Gasteiger partial charge in [-0.3, -0.25) is 0 Å². The van der Waals surface area contributed by atoms with E-state index in [0.717, 1.165) is 0 Å². The molecule has 0 aromatic heterocycles. The summed E-state index contributed by atoms with van der Waals surface area (Å²) in [5.41, 5.74) is 4.83. The molecule has 0 heterocycles. The number of primary amides is 1. The van der Waals surface area contributed by atoms with Gasteiger partial charge in [-0.2, -0.15) is 0 Å². The summed E-state index contributed by atoms with van der Waals surface area (Å²) in [7, 11) is 0. The van der Waals surface area contributed by atoms with Gasteiger partial charge in [-0.05, 0) is 11.8 Å². The van der Waals surface area contributed by atoms with Crippen LogP contribution in [0, 0.1) is 5.41 Å². The topological polar surface area (TPSA) is 72.6 Å². The Hall–Kier alpha value is -0.770. The minimum Gasteiger partial charge on any atom is -0.444 e. The minimum absolute atomic E-state index is 0.0167. The third-order valence-electron chi connectivity index (χ3n) is 1.33. The molecular weight excluding hydrogens is 158 g/mol. The van der Waals surface area contributed by atoms with Gasteiger partial charge in [-0.1, -0.05) is 20.8 Å². The monoisotopic (exact) mass is 175 g/mol. The lowest BCUT2D eigenvalue weighted by atomic mass is 9.89. The average Bonchev–Trinajstić information content (AvgIpc) is 1.82. The quantitative estimate of drug-likeness (QED) is 0.668. The summed E-state index contributed by atoms with van der Waals surface area (Å²) in [6.45, 7) is 5.82. The molecule has 0 saturated heterocycles. The zero-order chi connectivity index (χ0) is 9.78. The minimum atomic E-state index is -0.835. The molecule has 0 spiro atoms. The van der Waals surface area contributed by atoms with Crippen LogP contribution in [0.3, 0.4) is 0 Å². The summed E-state index contributed by atoms with van der Waals surface area (Å²) in [5.74, 6) is 0. The van der Waals surface area contributed by atoms with E-state index in [0.29, 0.717) is 6.42 Å². The smallest absolute Gasteiger partial charge is 0.404 e. The zero-order valence-electron chi connectivity index (χ0n) is 7.83. The van der Waals surface area contributed by atoms with Gasteiger partial charge in [0.25, 0.3) is 0 Å². The van der Waals surface area contributed by atoms with Gasteiger partial charge in [0.15, 0.2) is 0 Å². The number of carbonyl (C=O) groups is 1. The molecule has 0 aliphatic rings. The van der Waals surface area contributed by atoms with E-state index in [9.17, 15) is 4.79 Å². The van der Waals surface area contributed by atoms with E-state index >= 15 is 0 Å². The maximum atomic E-state index is 10.3. The Morgan fingerprint density at radius 3 is 2.33 bits per heavy atom. The third-order valence-corrected chi connectivity index (χ3v) is 1.33. The molecule has 0 saturated carbocycles. The van der Waals surface area contributed by atoms with Crippen LogP contribution in [0.4, 0.5) is 4.79 Å². The molecule has 1 atom stereocenters. The molecule has 4 heteroatoms. The van der Waals surface area contributed by atoms with E-state index in [-0.39, 0.29) is 12.0 Å². The van der Waals surface area contributed by atoms with Crippen molar-refractivity contribution in [3.8, 4) is 0 Å². The van der Waals surface area contributed by atoms with E-state index < -0.39 is 12.2 Å². The summed E-state index contributed by atoms with van der Waals surface area (Å²) < 4.78 is 4.66. The molecular formula is C8H17NO3. The molecule has 3 N–H and O–H groups in total. The molecule has 0 bridgehead atoms. The molecule has 0 fully saturated rings. The fourth-order valence-electron chi connectivity index (χ4n) is 0.991. The number of aliphatic hydroxyl groups excluding tert-OH is 1. The number of ether oxygens (including phenoxy) is 1. The van der Waals surface area contributed by atoms with E-state index in [4.69, 9.17) is 10.8 Å². The van der Waals surface area contributed by atoms with Gasteiger partial charge in [0, 0.05) is 0 Å². The largest absolute Gasteiger partial charge is 0.444 e. The second-order valence-corrected chi connectivity index (χ2v) is 4.01. The van der Waals surface area contributed by atoms with Crippen molar-refractivity contribution in [1.29, 1.82) is 0 Å². The lowest BCUT2D eigenvalue weighted by molar-refractivity contribution is 0.0390. The lowest BCUT2D eigenvalue weighted by Gasteiger charge is -2.23. The third kappa shape index (κ3) is 5.97. The van der Waals surface area contributed by atoms with Crippen LogP contribution in [0.15, 0.2) is 0 Å². The highest BCUT2D eigenvalue weighted by Crippen LogP contribution is 2.21. The van der Waals surface area contributed by atoms with Gasteiger partial charge in [0.1, 0.15) is 6.10 Å². The first-order valence-electron chi connectivity index (χ1n) is 3.92. The molecule has 0 aromatic rings. The highest BCUT2D eigenvalue weighted by atomic mass is 16.6. The van der Waals surface area contributed by atoms with Crippen molar-refractivity contribution in [3.05, 3.63) is 0 Å². The number of nitrogens with two attached hydrogens (primary N) is 1. The summed E-state index contributed by atoms with van der Waals surface area (Å²) in [6.07, 6.45) is -0.715. The molecule has 0 unspecified atom stereocenters. The number of amides is 1. The fraction of sp³-hybridized carbons (Fsp3) is 0.875. The van der Waals surface area contributed by atoms with Crippen LogP contribution in [-0.2, 0) is 4.74 Å². The maximum absolute atomic E-state index is 10.3. The van der Waals surface area contributed by atoms with Crippen LogP contribution in [0.5, 0.6) is 0 Å². The molecule has 4 nitrogen and oxygen atoms in total. The summed E-state index contributed by atoms with van der Waals surface area (Å²) in [6, 6.07) is 0. The summed E-state index contributed by atoms with van der Waals surface area (Å²) in [5, 5.41) is 8.81. The second-order valence-electron chi connectivity index (χ2n) is 4.01. The van der Waals surface area contributed by atoms with Gasteiger partial charge < -0.3 is 15.6 Å². The number of rotatable bonds is 3. The van der Waals surface area contributed by atoms with Crippen LogP contribution >= 0.6 is 0 Å². The molecule has 0 aromatic carbocycles. The molecule has 1 amide bonds. The van der Waals surface area contributed by atoms with E-state index in [2.05, 4.69) is 4.74 Å². The molecule has 72 valence electrons. The van der Waals surface area contributed by atoms with Gasteiger partial charge in [-0.25, -0.2) is 4.79 Å². The SMILES string of the molecule is CC(C)(C)C[C@@H](CO)OC(N)=O. The maximum Gasteiger partial charge on any atom is 0.404 e. The molecule has 12 heavy (non-hydrogen) atoms. The number of hydrogen-bond donors (Lipinski definition) is 2. The Bertz CT molecular complexity index is 151. The van der Waals surface area contributed by atoms with Crippen LogP contribution in [0.25, 0.3) is 0 Å². The first-order valence-corrected chi connectivity index (χ1v) is 3.92. The second kappa shape index (κ2) is 4.30. The first-order chi connectivity index (χ1) is 5.35. The van der Waals surface area contributed by atoms with Gasteiger partial charge in [0.05, 0.1) is 6.61 Å². The predicted octanol–water partition coefficient (Wildman–Crippen LogP) is 0.879. The Morgan fingerprint density at radius 2 is 2.08 bits per heavy atom. The van der Waals surface area contributed by atoms with Gasteiger partial charge in [-0.15, -0.1) is 0 Å². The molecule has 0 radical (unpaired) electrons. The molecule has 0 aliphatic heterocycles. The molecule has 0 aliphatic carbocycles. The Morgan fingerprint density at radius 1 is 1.58 bits per heavy atom. The first kappa shape index (κ1) is 11.2. The van der Waals surface area contributed by atoms with E-state index in [1.165, 1.54) is 0 Å². The zero-order valence-corrected chi connectivity index (χ0v) is 7.83. The molecule has 0 rings (SSSR count). The van der Waals surface area contributed by atoms with Crippen molar-refractivity contribution < 1.29 is 14.6 Å². The highest BCUT2D eigenvalue weighted by molar-refractivity contribution is 5.64. The highest BCUT2D eigenvalue weighted by Gasteiger charge is 2.20. The van der Waals surface area contributed by atoms with Crippen molar-refractivity contribution in [2.45, 2.75) is 33.3 Å². The number of aliphatic hydroxyl groups is 1. The fourth-order valence-corrected chi connectivity index (χ4v) is 0.991. The van der Waals surface area contributed by atoms with Crippen molar-refractivity contribution in [2.24, 2.45) is 11.1 Å². The number of hydrogen-bond acceptors (Lipinski definition) is 3. The van der Waals surface area contributed by atoms with Crippen molar-refractivity contribution in [2.75, 3.05) is 6.61 Å². The van der Waals surface area contributed by atoms with Crippen LogP contribution < -0.4 is 5.73 Å². The van der Waals surface area contributed by atoms with E-state index in [1.54, 1.807) is 0 Å². The average molecular weight is 175 g/mol. The van der Waals surface area contributed by atoms with Crippen LogP contribution in [0.2, 0.25) is 0 Å². The van der Waals surface area contributed by atoms with Gasteiger partial charge in [0.2, 0.25) is 0 Å². The Labute approximate surface area is 72.7 Å². The van der Waals surface area contributed by atoms with Crippen molar-refractivity contribution in [3.63, 3.8) is 0 Å².